The van der Waals surface area contributed by atoms with Gasteiger partial charge in [-0.05, 0) is 25.7 Å². The summed E-state index contributed by atoms with van der Waals surface area (Å²) in [7, 11) is 0. The summed E-state index contributed by atoms with van der Waals surface area (Å²) in [6, 6.07) is 9.91. The average molecular weight is 359 g/mol. The van der Waals surface area contributed by atoms with Crippen molar-refractivity contribution in [1.29, 1.82) is 0 Å². The molecule has 6 heteroatoms. The van der Waals surface area contributed by atoms with Gasteiger partial charge in [-0.2, -0.15) is 0 Å². The van der Waals surface area contributed by atoms with Crippen LogP contribution in [0.5, 0.6) is 0 Å². The molecule has 0 saturated heterocycles. The summed E-state index contributed by atoms with van der Waals surface area (Å²) in [4.78, 5) is 16.9. The van der Waals surface area contributed by atoms with Crippen LogP contribution in [0.4, 0.5) is 0 Å². The normalized spacial score (nSPS) is 16.5. The molecule has 1 saturated carbocycles. The Bertz CT molecular complexity index is 695. The van der Waals surface area contributed by atoms with Crippen molar-refractivity contribution in [2.45, 2.75) is 49.4 Å². The number of nitrogens with zero attached hydrogens (tertiary/aromatic N) is 2. The molecule has 1 fully saturated rings. The second kappa shape index (κ2) is 8.43. The Labute approximate surface area is 153 Å². The fourth-order valence-corrected chi connectivity index (χ4v) is 4.04. The molecule has 134 valence electrons. The zero-order valence-electron chi connectivity index (χ0n) is 14.6. The van der Waals surface area contributed by atoms with Gasteiger partial charge in [0.15, 0.2) is 5.16 Å². The second-order valence-corrected chi connectivity index (χ2v) is 8.00. The van der Waals surface area contributed by atoms with Crippen LogP contribution in [0.1, 0.15) is 39.0 Å². The SMILES string of the molecule is C[C@@H](Sc1nc(-c2ccccc2)cn1N)C(=O)NCC1CCCCC1. The Kier molecular flexibility index (Phi) is 6.02. The van der Waals surface area contributed by atoms with Crippen LogP contribution in [0.2, 0.25) is 0 Å². The highest BCUT2D eigenvalue weighted by molar-refractivity contribution is 8.00. The van der Waals surface area contributed by atoms with Crippen LogP contribution in [-0.4, -0.2) is 27.4 Å². The van der Waals surface area contributed by atoms with Gasteiger partial charge in [0, 0.05) is 12.1 Å². The smallest absolute Gasteiger partial charge is 0.233 e. The molecule has 2 aromatic rings. The number of hydrogen-bond acceptors (Lipinski definition) is 4. The first-order valence-corrected chi connectivity index (χ1v) is 9.85. The average Bonchev–Trinajstić information content (AvgIpc) is 3.02. The number of aromatic nitrogens is 2. The fourth-order valence-electron chi connectivity index (χ4n) is 3.20. The number of hydrogen-bond donors (Lipinski definition) is 2. The minimum absolute atomic E-state index is 0.0554. The van der Waals surface area contributed by atoms with E-state index in [2.05, 4.69) is 10.3 Å². The van der Waals surface area contributed by atoms with Crippen LogP contribution in [0.3, 0.4) is 0 Å². The first-order chi connectivity index (χ1) is 12.1. The Morgan fingerprint density at radius 3 is 2.76 bits per heavy atom. The molecule has 0 spiro atoms. The van der Waals surface area contributed by atoms with Crippen molar-refractivity contribution in [3.8, 4) is 11.3 Å². The van der Waals surface area contributed by atoms with E-state index in [1.165, 1.54) is 48.5 Å². The van der Waals surface area contributed by atoms with E-state index >= 15 is 0 Å². The number of carbonyl (C=O) groups excluding carboxylic acids is 1. The van der Waals surface area contributed by atoms with E-state index in [0.29, 0.717) is 11.1 Å². The first kappa shape index (κ1) is 17.9. The lowest BCUT2D eigenvalue weighted by atomic mass is 9.89. The largest absolute Gasteiger partial charge is 0.355 e. The molecule has 0 unspecified atom stereocenters. The maximum atomic E-state index is 12.4. The van der Waals surface area contributed by atoms with Gasteiger partial charge in [0.25, 0.3) is 0 Å². The van der Waals surface area contributed by atoms with Crippen LogP contribution in [-0.2, 0) is 4.79 Å². The molecule has 0 bridgehead atoms. The van der Waals surface area contributed by atoms with E-state index in [1.807, 2.05) is 37.3 Å². The zero-order valence-corrected chi connectivity index (χ0v) is 15.5. The molecule has 1 heterocycles. The van der Waals surface area contributed by atoms with E-state index in [1.54, 1.807) is 6.20 Å². The van der Waals surface area contributed by atoms with Gasteiger partial charge in [-0.15, -0.1) is 0 Å². The molecule has 1 aromatic heterocycles. The van der Waals surface area contributed by atoms with Gasteiger partial charge >= 0.3 is 0 Å². The Balaban J connectivity index is 1.56. The molecule has 0 aliphatic heterocycles. The maximum absolute atomic E-state index is 12.4. The quantitative estimate of drug-likeness (QED) is 0.613. The Morgan fingerprint density at radius 1 is 1.32 bits per heavy atom. The Hall–Kier alpha value is -1.95. The highest BCUT2D eigenvalue weighted by Crippen LogP contribution is 2.26. The molecule has 25 heavy (non-hydrogen) atoms. The molecule has 1 aromatic carbocycles. The fraction of sp³-hybridized carbons (Fsp3) is 0.474. The van der Waals surface area contributed by atoms with Crippen LogP contribution in [0.25, 0.3) is 11.3 Å². The summed E-state index contributed by atoms with van der Waals surface area (Å²) >= 11 is 1.40. The van der Waals surface area contributed by atoms with E-state index in [4.69, 9.17) is 5.84 Å². The summed E-state index contributed by atoms with van der Waals surface area (Å²) < 4.78 is 1.50. The summed E-state index contributed by atoms with van der Waals surface area (Å²) in [5.74, 6) is 6.71. The molecule has 5 nitrogen and oxygen atoms in total. The summed E-state index contributed by atoms with van der Waals surface area (Å²) in [5, 5.41) is 3.52. The van der Waals surface area contributed by atoms with Gasteiger partial charge in [-0.3, -0.25) is 4.79 Å². The van der Waals surface area contributed by atoms with Crippen molar-refractivity contribution < 1.29 is 4.79 Å². The molecular formula is C19H26N4OS. The summed E-state index contributed by atoms with van der Waals surface area (Å²) in [6.07, 6.45) is 8.17. The van der Waals surface area contributed by atoms with Gasteiger partial charge < -0.3 is 11.2 Å². The number of nitrogens with one attached hydrogen (secondary N) is 1. The second-order valence-electron chi connectivity index (χ2n) is 6.69. The van der Waals surface area contributed by atoms with E-state index in [0.717, 1.165) is 17.8 Å². The molecule has 3 N–H and O–H groups in total. The van der Waals surface area contributed by atoms with Crippen LogP contribution in [0, 0.1) is 5.92 Å². The third kappa shape index (κ3) is 4.78. The maximum Gasteiger partial charge on any atom is 0.233 e. The lowest BCUT2D eigenvalue weighted by molar-refractivity contribution is -0.120. The van der Waals surface area contributed by atoms with E-state index in [-0.39, 0.29) is 11.2 Å². The Morgan fingerprint density at radius 2 is 2.04 bits per heavy atom. The van der Waals surface area contributed by atoms with Crippen molar-refractivity contribution in [1.82, 2.24) is 15.0 Å². The van der Waals surface area contributed by atoms with Crippen molar-refractivity contribution in [2.24, 2.45) is 5.92 Å². The zero-order chi connectivity index (χ0) is 17.6. The van der Waals surface area contributed by atoms with Gasteiger partial charge in [0.1, 0.15) is 0 Å². The predicted octanol–water partition coefficient (Wildman–Crippen LogP) is 3.44. The number of amides is 1. The van der Waals surface area contributed by atoms with Crippen molar-refractivity contribution in [3.05, 3.63) is 36.5 Å². The molecule has 3 rings (SSSR count). The van der Waals surface area contributed by atoms with Crippen LogP contribution < -0.4 is 11.2 Å². The van der Waals surface area contributed by atoms with Gasteiger partial charge in [-0.1, -0.05) is 61.4 Å². The van der Waals surface area contributed by atoms with Gasteiger partial charge in [-0.25, -0.2) is 9.66 Å². The number of imidazole rings is 1. The standard InChI is InChI=1S/C19H26N4OS/c1-14(18(24)21-12-15-8-4-2-5-9-15)25-19-22-17(13-23(19)20)16-10-6-3-7-11-16/h3,6-7,10-11,13-15H,2,4-5,8-9,12,20H2,1H3,(H,21,24)/t14-/m1/s1. The number of nitrogens with two attached hydrogens (primary N) is 1. The van der Waals surface area contributed by atoms with Crippen LogP contribution in [0.15, 0.2) is 41.7 Å². The lowest BCUT2D eigenvalue weighted by Gasteiger charge is -2.22. The minimum Gasteiger partial charge on any atom is -0.355 e. The van der Waals surface area contributed by atoms with Crippen molar-refractivity contribution in [3.63, 3.8) is 0 Å². The first-order valence-electron chi connectivity index (χ1n) is 8.97. The van der Waals surface area contributed by atoms with Gasteiger partial charge in [0.2, 0.25) is 5.91 Å². The molecule has 1 amide bonds. The monoisotopic (exact) mass is 358 g/mol. The lowest BCUT2D eigenvalue weighted by Crippen LogP contribution is -2.35. The van der Waals surface area contributed by atoms with Crippen molar-refractivity contribution in [2.75, 3.05) is 12.4 Å². The third-order valence-electron chi connectivity index (χ3n) is 4.71. The molecule has 1 aliphatic rings. The summed E-state index contributed by atoms with van der Waals surface area (Å²) in [5.41, 5.74) is 1.84. The number of benzene rings is 1. The number of nitrogen functional groups attached to an aromatic ring is 1. The molecule has 1 aliphatic carbocycles. The molecule has 1 atom stereocenters. The van der Waals surface area contributed by atoms with Gasteiger partial charge in [0.05, 0.1) is 17.1 Å². The number of rotatable bonds is 6. The van der Waals surface area contributed by atoms with E-state index < -0.39 is 0 Å². The van der Waals surface area contributed by atoms with Crippen LogP contribution >= 0.6 is 11.8 Å². The molecule has 0 radical (unpaired) electrons. The third-order valence-corrected chi connectivity index (χ3v) is 5.79. The number of carbonyl (C=O) groups is 1. The van der Waals surface area contributed by atoms with Crippen molar-refractivity contribution >= 4 is 17.7 Å². The number of thioether (sulfide) groups is 1. The topological polar surface area (TPSA) is 72.9 Å². The highest BCUT2D eigenvalue weighted by atomic mass is 32.2. The predicted molar refractivity (Wildman–Crippen MR) is 103 cm³/mol. The minimum atomic E-state index is -0.225. The summed E-state index contributed by atoms with van der Waals surface area (Å²) in [6.45, 7) is 2.69. The molecular weight excluding hydrogens is 332 g/mol. The van der Waals surface area contributed by atoms with E-state index in [9.17, 15) is 4.79 Å². The highest BCUT2D eigenvalue weighted by Gasteiger charge is 2.20.